The fourth-order valence-corrected chi connectivity index (χ4v) is 6.72. The van der Waals surface area contributed by atoms with Crippen LogP contribution in [0.15, 0.2) is 57.6 Å². The number of anilines is 1. The van der Waals surface area contributed by atoms with Crippen LogP contribution < -0.4 is 5.32 Å². The Labute approximate surface area is 249 Å². The Morgan fingerprint density at radius 2 is 1.98 bits per heavy atom. The number of hydrogen-bond donors (Lipinski definition) is 1. The highest BCUT2D eigenvalue weighted by Gasteiger charge is 2.50. The van der Waals surface area contributed by atoms with Gasteiger partial charge in [0.2, 0.25) is 5.91 Å². The summed E-state index contributed by atoms with van der Waals surface area (Å²) in [7, 11) is 1.61. The smallest absolute Gasteiger partial charge is 0.246 e. The van der Waals surface area contributed by atoms with Crippen molar-refractivity contribution in [1.82, 2.24) is 9.80 Å². The molecule has 218 valence electrons. The predicted molar refractivity (Wildman–Crippen MR) is 159 cm³/mol. The molecule has 4 aliphatic heterocycles. The van der Waals surface area contributed by atoms with E-state index in [0.29, 0.717) is 36.9 Å². The molecule has 1 aromatic rings. The van der Waals surface area contributed by atoms with Crippen molar-refractivity contribution < 1.29 is 18.7 Å². The van der Waals surface area contributed by atoms with Crippen LogP contribution in [0.25, 0.3) is 0 Å². The van der Waals surface area contributed by atoms with Crippen molar-refractivity contribution in [3.63, 3.8) is 0 Å². The number of rotatable bonds is 7. The lowest BCUT2D eigenvalue weighted by molar-refractivity contribution is -0.150. The summed E-state index contributed by atoms with van der Waals surface area (Å²) in [5.41, 5.74) is 0.925. The first kappa shape index (κ1) is 28.2. The number of amides is 1. The molecule has 0 radical (unpaired) electrons. The SMILES string of the molecule is COC1=C(OC2C3CC2CN(C(=O)/C=C/CN2CCCCC2)C3)CC2C(=C1)N=CN=C2Nc1ccc(Cl)c(Cl)c1F. The second kappa shape index (κ2) is 12.2. The second-order valence-electron chi connectivity index (χ2n) is 11.3. The minimum Gasteiger partial charge on any atom is -0.493 e. The minimum absolute atomic E-state index is 0.0134. The molecule has 0 aromatic heterocycles. The van der Waals surface area contributed by atoms with Gasteiger partial charge in [0.05, 0.1) is 34.5 Å². The number of allylic oxidation sites excluding steroid dienone is 2. The molecule has 8 nitrogen and oxygen atoms in total. The number of carbonyl (C=O) groups excluding carboxylic acids is 1. The van der Waals surface area contributed by atoms with E-state index in [4.69, 9.17) is 32.7 Å². The van der Waals surface area contributed by atoms with Crippen LogP contribution in [0.5, 0.6) is 0 Å². The Morgan fingerprint density at radius 1 is 1.20 bits per heavy atom. The molecular formula is C30H34Cl2FN5O3. The first-order valence-corrected chi connectivity index (χ1v) is 15.0. The Balaban J connectivity index is 1.09. The van der Waals surface area contributed by atoms with Crippen LogP contribution in [0.4, 0.5) is 10.1 Å². The fourth-order valence-electron chi connectivity index (χ4n) is 6.41. The number of fused-ring (bicyclic) bond motifs is 3. The van der Waals surface area contributed by atoms with Crippen LogP contribution in [0.3, 0.4) is 0 Å². The number of carbonyl (C=O) groups is 1. The molecule has 7 rings (SSSR count). The summed E-state index contributed by atoms with van der Waals surface area (Å²) in [5.74, 6) is 1.57. The molecule has 3 unspecified atom stereocenters. The number of ether oxygens (including phenoxy) is 2. The van der Waals surface area contributed by atoms with Gasteiger partial charge in [-0.1, -0.05) is 35.7 Å². The van der Waals surface area contributed by atoms with Crippen LogP contribution in [-0.4, -0.2) is 73.8 Å². The van der Waals surface area contributed by atoms with Crippen molar-refractivity contribution in [2.75, 3.05) is 45.2 Å². The quantitative estimate of drug-likeness (QED) is 0.323. The van der Waals surface area contributed by atoms with Gasteiger partial charge in [0.25, 0.3) is 0 Å². The Kier molecular flexibility index (Phi) is 8.38. The average molecular weight is 603 g/mol. The highest BCUT2D eigenvalue weighted by atomic mass is 35.5. The average Bonchev–Trinajstić information content (AvgIpc) is 3.00. The number of likely N-dealkylation sites (tertiary alicyclic amines) is 1. The molecule has 2 aliphatic carbocycles. The van der Waals surface area contributed by atoms with Crippen LogP contribution in [-0.2, 0) is 14.3 Å². The topological polar surface area (TPSA) is 78.8 Å². The number of nitrogens with one attached hydrogen (secondary N) is 1. The van der Waals surface area contributed by atoms with Gasteiger partial charge in [-0.3, -0.25) is 9.69 Å². The maximum atomic E-state index is 14.8. The van der Waals surface area contributed by atoms with Gasteiger partial charge in [-0.25, -0.2) is 14.4 Å². The van der Waals surface area contributed by atoms with E-state index in [2.05, 4.69) is 20.2 Å². The van der Waals surface area contributed by atoms with E-state index in [9.17, 15) is 9.18 Å². The summed E-state index contributed by atoms with van der Waals surface area (Å²) >= 11 is 12.0. The molecule has 1 N–H and O–H groups in total. The van der Waals surface area contributed by atoms with Crippen molar-refractivity contribution in [2.24, 2.45) is 27.7 Å². The van der Waals surface area contributed by atoms with Crippen molar-refractivity contribution in [2.45, 2.75) is 38.2 Å². The number of nitrogens with zero attached hydrogens (tertiary/aromatic N) is 4. The maximum Gasteiger partial charge on any atom is 0.246 e. The number of piperidine rings is 3. The molecule has 1 aromatic carbocycles. The number of hydrogen-bond acceptors (Lipinski definition) is 7. The van der Waals surface area contributed by atoms with Gasteiger partial charge in [0, 0.05) is 50.0 Å². The zero-order valence-corrected chi connectivity index (χ0v) is 24.5. The zero-order chi connectivity index (χ0) is 28.5. The summed E-state index contributed by atoms with van der Waals surface area (Å²) in [5, 5.41) is 3.07. The first-order valence-electron chi connectivity index (χ1n) is 14.2. The lowest BCUT2D eigenvalue weighted by Crippen LogP contribution is -2.60. The van der Waals surface area contributed by atoms with Crippen LogP contribution >= 0.6 is 23.2 Å². The van der Waals surface area contributed by atoms with Crippen LogP contribution in [0.1, 0.15) is 32.1 Å². The van der Waals surface area contributed by atoms with Gasteiger partial charge in [-0.2, -0.15) is 0 Å². The Hall–Kier alpha value is -2.88. The fraction of sp³-hybridized carbons (Fsp3) is 0.500. The molecular weight excluding hydrogens is 568 g/mol. The van der Waals surface area contributed by atoms with Gasteiger partial charge in [-0.15, -0.1) is 0 Å². The standard InChI is InChI=1S/C30H34Cl2FN5O3/c1-40-24-14-23-20(30(35-17-34-23)36-22-8-7-21(31)27(32)28(22)33)13-25(24)41-29-18-12-19(29)16-38(15-18)26(39)6-5-11-37-9-3-2-4-10-37/h5-8,14,17-20,29H,2-4,9-13,15-16H2,1H3,(H,34,35,36)/b6-5+. The van der Waals surface area contributed by atoms with Gasteiger partial charge in [0.15, 0.2) is 11.6 Å². The number of benzene rings is 1. The van der Waals surface area contributed by atoms with E-state index in [1.807, 2.05) is 17.1 Å². The normalized spacial score (nSPS) is 27.7. The molecule has 1 amide bonds. The molecule has 6 aliphatic rings. The molecule has 1 saturated carbocycles. The third kappa shape index (κ3) is 5.90. The van der Waals surface area contributed by atoms with E-state index < -0.39 is 5.82 Å². The summed E-state index contributed by atoms with van der Waals surface area (Å²) < 4.78 is 27.0. The molecule has 3 atom stereocenters. The number of aliphatic imine (C=N–C) groups is 2. The summed E-state index contributed by atoms with van der Waals surface area (Å²) in [4.78, 5) is 26.1. The lowest BCUT2D eigenvalue weighted by Gasteiger charge is -2.53. The van der Waals surface area contributed by atoms with Gasteiger partial charge in [0.1, 0.15) is 24.0 Å². The van der Waals surface area contributed by atoms with Crippen molar-refractivity contribution in [3.8, 4) is 0 Å². The van der Waals surface area contributed by atoms with E-state index >= 15 is 0 Å². The van der Waals surface area contributed by atoms with Gasteiger partial charge >= 0.3 is 0 Å². The summed E-state index contributed by atoms with van der Waals surface area (Å²) in [6.07, 6.45) is 12.3. The monoisotopic (exact) mass is 601 g/mol. The van der Waals surface area contributed by atoms with Crippen LogP contribution in [0, 0.1) is 23.6 Å². The molecule has 3 saturated heterocycles. The number of amidine groups is 1. The van der Waals surface area contributed by atoms with Crippen molar-refractivity contribution in [1.29, 1.82) is 0 Å². The largest absolute Gasteiger partial charge is 0.493 e. The molecule has 41 heavy (non-hydrogen) atoms. The van der Waals surface area contributed by atoms with Gasteiger partial charge in [-0.05, 0) is 44.5 Å². The molecule has 4 fully saturated rings. The van der Waals surface area contributed by atoms with E-state index in [1.54, 1.807) is 13.2 Å². The third-order valence-corrected chi connectivity index (χ3v) is 9.44. The van der Waals surface area contributed by atoms with E-state index in [1.165, 1.54) is 37.7 Å². The lowest BCUT2D eigenvalue weighted by atomic mass is 9.68. The maximum absolute atomic E-state index is 14.8. The molecule has 0 spiro atoms. The first-order chi connectivity index (χ1) is 19.9. The minimum atomic E-state index is -0.641. The summed E-state index contributed by atoms with van der Waals surface area (Å²) in [6.45, 7) is 4.44. The molecule has 2 bridgehead atoms. The van der Waals surface area contributed by atoms with E-state index in [-0.39, 0.29) is 45.5 Å². The van der Waals surface area contributed by atoms with E-state index in [0.717, 1.165) is 31.8 Å². The van der Waals surface area contributed by atoms with Crippen LogP contribution in [0.2, 0.25) is 10.0 Å². The third-order valence-electron chi connectivity index (χ3n) is 8.66. The van der Waals surface area contributed by atoms with Crippen molar-refractivity contribution >= 4 is 47.0 Å². The highest BCUT2D eigenvalue weighted by Crippen LogP contribution is 2.45. The Bertz CT molecular complexity index is 1340. The van der Waals surface area contributed by atoms with Crippen molar-refractivity contribution in [3.05, 3.63) is 63.4 Å². The predicted octanol–water partition coefficient (Wildman–Crippen LogP) is 5.65. The zero-order valence-electron chi connectivity index (χ0n) is 23.0. The van der Waals surface area contributed by atoms with Gasteiger partial charge < -0.3 is 19.7 Å². The molecule has 4 heterocycles. The second-order valence-corrected chi connectivity index (χ2v) is 12.1. The Morgan fingerprint density at radius 3 is 2.73 bits per heavy atom. The number of halogens is 3. The summed E-state index contributed by atoms with van der Waals surface area (Å²) in [6, 6.07) is 3.07. The highest BCUT2D eigenvalue weighted by molar-refractivity contribution is 6.42. The number of methoxy groups -OCH3 is 1. The molecule has 11 heteroatoms.